The van der Waals surface area contributed by atoms with Crippen LogP contribution in [0, 0.1) is 0 Å². The van der Waals surface area contributed by atoms with E-state index >= 15 is 0 Å². The van der Waals surface area contributed by atoms with E-state index in [9.17, 15) is 14.7 Å². The monoisotopic (exact) mass is 403 g/mol. The summed E-state index contributed by atoms with van der Waals surface area (Å²) in [5.41, 5.74) is 1.67. The number of rotatable bonds is 9. The van der Waals surface area contributed by atoms with Gasteiger partial charge >= 0.3 is 5.97 Å². The molecular weight excluding hydrogens is 378 g/mol. The standard InChI is InChI=1S/C21H25NO5S/c1-2-3-18(23)14-4-6-15(7-5-14)22-16(8-11-20(22)24)12-27-13-17-9-10-19(28-17)21(25)26/h4-7,9-10,16,18,23H,2-3,8,11-13H2,1H3,(H,25,26)/t16?,18-/m1/s1. The molecule has 2 N–H and O–H groups in total. The Hall–Kier alpha value is -2.22. The molecule has 0 bridgehead atoms. The Morgan fingerprint density at radius 3 is 2.68 bits per heavy atom. The number of amides is 1. The topological polar surface area (TPSA) is 87.1 Å². The van der Waals surface area contributed by atoms with Crippen LogP contribution in [0.5, 0.6) is 0 Å². The molecule has 3 rings (SSSR count). The summed E-state index contributed by atoms with van der Waals surface area (Å²) < 4.78 is 5.77. The molecule has 1 aliphatic heterocycles. The molecule has 0 saturated carbocycles. The molecule has 2 heterocycles. The summed E-state index contributed by atoms with van der Waals surface area (Å²) in [6, 6.07) is 10.8. The normalized spacial score (nSPS) is 17.9. The lowest BCUT2D eigenvalue weighted by Gasteiger charge is -2.25. The van der Waals surface area contributed by atoms with Crippen molar-refractivity contribution >= 4 is 28.9 Å². The van der Waals surface area contributed by atoms with Crippen LogP contribution in [-0.2, 0) is 16.1 Å². The van der Waals surface area contributed by atoms with Gasteiger partial charge in [0.2, 0.25) is 5.91 Å². The molecule has 2 atom stereocenters. The minimum Gasteiger partial charge on any atom is -0.477 e. The first-order chi connectivity index (χ1) is 13.5. The highest BCUT2D eigenvalue weighted by Gasteiger charge is 2.32. The smallest absolute Gasteiger partial charge is 0.345 e. The molecule has 150 valence electrons. The highest BCUT2D eigenvalue weighted by molar-refractivity contribution is 7.13. The van der Waals surface area contributed by atoms with Gasteiger partial charge in [-0.3, -0.25) is 4.79 Å². The zero-order chi connectivity index (χ0) is 20.1. The van der Waals surface area contributed by atoms with E-state index in [1.807, 2.05) is 31.2 Å². The Morgan fingerprint density at radius 2 is 2.04 bits per heavy atom. The second-order valence-corrected chi connectivity index (χ2v) is 8.11. The van der Waals surface area contributed by atoms with Crippen LogP contribution in [0.1, 0.15) is 58.8 Å². The van der Waals surface area contributed by atoms with Crippen molar-refractivity contribution in [1.29, 1.82) is 0 Å². The van der Waals surface area contributed by atoms with Gasteiger partial charge in [0, 0.05) is 17.0 Å². The van der Waals surface area contributed by atoms with E-state index in [1.165, 1.54) is 11.3 Å². The van der Waals surface area contributed by atoms with Crippen LogP contribution in [0.3, 0.4) is 0 Å². The summed E-state index contributed by atoms with van der Waals surface area (Å²) in [6.07, 6.45) is 2.35. The summed E-state index contributed by atoms with van der Waals surface area (Å²) in [6.45, 7) is 2.76. The number of nitrogens with zero attached hydrogens (tertiary/aromatic N) is 1. The van der Waals surface area contributed by atoms with Crippen LogP contribution in [0.15, 0.2) is 36.4 Å². The number of aromatic carboxylic acids is 1. The molecule has 1 saturated heterocycles. The van der Waals surface area contributed by atoms with Gasteiger partial charge < -0.3 is 19.8 Å². The molecular formula is C21H25NO5S. The van der Waals surface area contributed by atoms with E-state index in [4.69, 9.17) is 9.84 Å². The van der Waals surface area contributed by atoms with E-state index in [2.05, 4.69) is 0 Å². The number of ether oxygens (including phenoxy) is 1. The second kappa shape index (κ2) is 9.32. The van der Waals surface area contributed by atoms with Gasteiger partial charge in [-0.15, -0.1) is 11.3 Å². The van der Waals surface area contributed by atoms with Crippen LogP contribution < -0.4 is 4.90 Å². The molecule has 2 aromatic rings. The third-order valence-electron chi connectivity index (χ3n) is 4.87. The minimum absolute atomic E-state index is 0.0437. The van der Waals surface area contributed by atoms with Crippen molar-refractivity contribution in [2.45, 2.75) is 51.4 Å². The molecule has 0 radical (unpaired) electrons. The van der Waals surface area contributed by atoms with Crippen LogP contribution in [0.4, 0.5) is 5.69 Å². The van der Waals surface area contributed by atoms with E-state index in [0.29, 0.717) is 30.9 Å². The van der Waals surface area contributed by atoms with E-state index < -0.39 is 12.1 Å². The van der Waals surface area contributed by atoms with E-state index in [-0.39, 0.29) is 11.9 Å². The first kappa shape index (κ1) is 20.5. The maximum atomic E-state index is 12.4. The molecule has 1 amide bonds. The summed E-state index contributed by atoms with van der Waals surface area (Å²) in [7, 11) is 0. The lowest BCUT2D eigenvalue weighted by atomic mass is 10.0. The number of thiophene rings is 1. The largest absolute Gasteiger partial charge is 0.477 e. The molecule has 0 spiro atoms. The fourth-order valence-corrected chi connectivity index (χ4v) is 4.20. The molecule has 7 heteroatoms. The maximum absolute atomic E-state index is 12.4. The summed E-state index contributed by atoms with van der Waals surface area (Å²) in [5, 5.41) is 19.1. The van der Waals surface area contributed by atoms with Crippen molar-refractivity contribution in [2.75, 3.05) is 11.5 Å². The highest BCUT2D eigenvalue weighted by Crippen LogP contribution is 2.29. The van der Waals surface area contributed by atoms with Gasteiger partial charge in [0.1, 0.15) is 4.88 Å². The van der Waals surface area contributed by atoms with Crippen LogP contribution in [0.2, 0.25) is 0 Å². The average molecular weight is 404 g/mol. The molecule has 0 aliphatic carbocycles. The first-order valence-electron chi connectivity index (χ1n) is 9.49. The molecule has 1 aliphatic rings. The van der Waals surface area contributed by atoms with Gasteiger partial charge in [-0.05, 0) is 42.7 Å². The highest BCUT2D eigenvalue weighted by atomic mass is 32.1. The van der Waals surface area contributed by atoms with Crippen molar-refractivity contribution in [2.24, 2.45) is 0 Å². The lowest BCUT2D eigenvalue weighted by molar-refractivity contribution is -0.117. The third kappa shape index (κ3) is 4.79. The number of carbonyl (C=O) groups excluding carboxylic acids is 1. The number of carbonyl (C=O) groups is 2. The van der Waals surface area contributed by atoms with Crippen LogP contribution in [0.25, 0.3) is 0 Å². The lowest BCUT2D eigenvalue weighted by Crippen LogP contribution is -2.36. The zero-order valence-electron chi connectivity index (χ0n) is 15.8. The SMILES string of the molecule is CCC[C@@H](O)c1ccc(N2C(=O)CCC2COCc2ccc(C(=O)O)s2)cc1. The molecule has 1 fully saturated rings. The Kier molecular flexibility index (Phi) is 6.83. The number of aliphatic hydroxyl groups is 1. The van der Waals surface area contributed by atoms with Crippen LogP contribution in [-0.4, -0.2) is 34.7 Å². The predicted molar refractivity (Wildman–Crippen MR) is 108 cm³/mol. The Labute approximate surface area is 168 Å². The summed E-state index contributed by atoms with van der Waals surface area (Å²) in [5.74, 6) is -0.865. The van der Waals surface area contributed by atoms with E-state index in [0.717, 1.165) is 29.0 Å². The fourth-order valence-electron chi connectivity index (χ4n) is 3.42. The molecule has 1 aromatic carbocycles. The van der Waals surface area contributed by atoms with Gasteiger partial charge in [0.25, 0.3) is 0 Å². The average Bonchev–Trinajstić information content (AvgIpc) is 3.29. The summed E-state index contributed by atoms with van der Waals surface area (Å²) in [4.78, 5) is 26.2. The Morgan fingerprint density at radius 1 is 1.29 bits per heavy atom. The number of anilines is 1. The zero-order valence-corrected chi connectivity index (χ0v) is 16.7. The Balaban J connectivity index is 1.60. The van der Waals surface area contributed by atoms with Crippen molar-refractivity contribution < 1.29 is 24.5 Å². The molecule has 28 heavy (non-hydrogen) atoms. The quantitative estimate of drug-likeness (QED) is 0.661. The predicted octanol–water partition coefficient (Wildman–Crippen LogP) is 3.99. The minimum atomic E-state index is -0.934. The Bertz CT molecular complexity index is 816. The van der Waals surface area contributed by atoms with Gasteiger partial charge in [-0.1, -0.05) is 25.5 Å². The second-order valence-electron chi connectivity index (χ2n) is 6.94. The molecule has 6 nitrogen and oxygen atoms in total. The number of carboxylic acid groups (broad SMARTS) is 1. The number of carboxylic acids is 1. The third-order valence-corrected chi connectivity index (χ3v) is 5.92. The van der Waals surface area contributed by atoms with E-state index in [1.54, 1.807) is 17.0 Å². The van der Waals surface area contributed by atoms with Crippen molar-refractivity contribution in [3.8, 4) is 0 Å². The van der Waals surface area contributed by atoms with Crippen LogP contribution >= 0.6 is 11.3 Å². The number of aliphatic hydroxyl groups excluding tert-OH is 1. The first-order valence-corrected chi connectivity index (χ1v) is 10.3. The van der Waals surface area contributed by atoms with Gasteiger partial charge in [-0.2, -0.15) is 0 Å². The van der Waals surface area contributed by atoms with Gasteiger partial charge in [-0.25, -0.2) is 4.79 Å². The van der Waals surface area contributed by atoms with Crippen molar-refractivity contribution in [1.82, 2.24) is 0 Å². The molecule has 1 unspecified atom stereocenters. The number of benzene rings is 1. The van der Waals surface area contributed by atoms with Gasteiger partial charge in [0.15, 0.2) is 0 Å². The van der Waals surface area contributed by atoms with Crippen molar-refractivity contribution in [3.63, 3.8) is 0 Å². The van der Waals surface area contributed by atoms with Crippen molar-refractivity contribution in [3.05, 3.63) is 51.7 Å². The summed E-state index contributed by atoms with van der Waals surface area (Å²) >= 11 is 1.20. The maximum Gasteiger partial charge on any atom is 0.345 e. The fraction of sp³-hybridized carbons (Fsp3) is 0.429. The number of hydrogen-bond acceptors (Lipinski definition) is 5. The van der Waals surface area contributed by atoms with Gasteiger partial charge in [0.05, 0.1) is 25.4 Å². The molecule has 1 aromatic heterocycles. The number of hydrogen-bond donors (Lipinski definition) is 2.